The van der Waals surface area contributed by atoms with E-state index < -0.39 is 0 Å². The van der Waals surface area contributed by atoms with E-state index in [0.717, 1.165) is 38.4 Å². The average molecular weight is 486 g/mol. The van der Waals surface area contributed by atoms with Crippen molar-refractivity contribution in [2.75, 3.05) is 26.7 Å². The van der Waals surface area contributed by atoms with Gasteiger partial charge in [0.1, 0.15) is 0 Å². The van der Waals surface area contributed by atoms with Crippen LogP contribution in [0.1, 0.15) is 42.5 Å². The monoisotopic (exact) mass is 486 g/mol. The Kier molecular flexibility index (Phi) is 9.56. The van der Waals surface area contributed by atoms with Gasteiger partial charge in [0.2, 0.25) is 5.91 Å². The molecule has 6 heteroatoms. The first-order valence-corrected chi connectivity index (χ1v) is 9.64. The fourth-order valence-corrected chi connectivity index (χ4v) is 3.74. The number of likely N-dealkylation sites (tertiary alicyclic amines) is 1. The number of hydrogen-bond acceptors (Lipinski definition) is 2. The smallest absolute Gasteiger partial charge is 0.225 e. The third kappa shape index (κ3) is 6.66. The molecule has 27 heavy (non-hydrogen) atoms. The van der Waals surface area contributed by atoms with Crippen molar-refractivity contribution in [2.45, 2.75) is 53.5 Å². The van der Waals surface area contributed by atoms with Crippen LogP contribution in [0.5, 0.6) is 0 Å². The molecule has 1 fully saturated rings. The van der Waals surface area contributed by atoms with E-state index in [2.05, 4.69) is 48.5 Å². The predicted molar refractivity (Wildman–Crippen MR) is 124 cm³/mol. The van der Waals surface area contributed by atoms with Crippen LogP contribution < -0.4 is 10.6 Å². The lowest BCUT2D eigenvalue weighted by molar-refractivity contribution is -0.133. The van der Waals surface area contributed by atoms with E-state index in [1.165, 1.54) is 22.3 Å². The Labute approximate surface area is 181 Å². The van der Waals surface area contributed by atoms with Gasteiger partial charge in [0, 0.05) is 38.6 Å². The van der Waals surface area contributed by atoms with Crippen LogP contribution in [-0.2, 0) is 11.2 Å². The lowest BCUT2D eigenvalue weighted by Gasteiger charge is -2.20. The van der Waals surface area contributed by atoms with E-state index in [0.29, 0.717) is 0 Å². The van der Waals surface area contributed by atoms with Crippen LogP contribution in [0.2, 0.25) is 0 Å². The van der Waals surface area contributed by atoms with Crippen LogP contribution in [0.4, 0.5) is 0 Å². The Bertz CT molecular complexity index is 649. The van der Waals surface area contributed by atoms with Crippen LogP contribution in [0, 0.1) is 26.7 Å². The Balaban J connectivity index is 0.00000364. The molecule has 2 N–H and O–H groups in total. The first-order chi connectivity index (χ1) is 12.3. The Hall–Kier alpha value is -1.31. The number of guanidine groups is 1. The maximum Gasteiger partial charge on any atom is 0.225 e. The number of aryl methyl sites for hydroxylation is 3. The van der Waals surface area contributed by atoms with Crippen LogP contribution in [0.15, 0.2) is 17.1 Å². The summed E-state index contributed by atoms with van der Waals surface area (Å²) in [7, 11) is 1.80. The van der Waals surface area contributed by atoms with E-state index in [9.17, 15) is 4.79 Å². The second kappa shape index (κ2) is 10.9. The van der Waals surface area contributed by atoms with Gasteiger partial charge in [-0.1, -0.05) is 31.5 Å². The first kappa shape index (κ1) is 23.7. The van der Waals surface area contributed by atoms with Gasteiger partial charge in [-0.15, -0.1) is 24.0 Å². The predicted octanol–water partition coefficient (Wildman–Crippen LogP) is 3.19. The Morgan fingerprint density at radius 3 is 2.44 bits per heavy atom. The van der Waals surface area contributed by atoms with Gasteiger partial charge in [-0.05, 0) is 50.3 Å². The summed E-state index contributed by atoms with van der Waals surface area (Å²) in [6.45, 7) is 12.8. The zero-order valence-corrected chi connectivity index (χ0v) is 19.9. The Morgan fingerprint density at radius 1 is 1.26 bits per heavy atom. The highest BCUT2D eigenvalue weighted by Crippen LogP contribution is 2.16. The van der Waals surface area contributed by atoms with Crippen molar-refractivity contribution in [3.8, 4) is 0 Å². The minimum Gasteiger partial charge on any atom is -0.356 e. The highest BCUT2D eigenvalue weighted by Gasteiger charge is 2.27. The van der Waals surface area contributed by atoms with Crippen molar-refractivity contribution in [1.82, 2.24) is 15.5 Å². The zero-order chi connectivity index (χ0) is 19.3. The summed E-state index contributed by atoms with van der Waals surface area (Å²) >= 11 is 0. The van der Waals surface area contributed by atoms with Crippen LogP contribution >= 0.6 is 24.0 Å². The number of amides is 1. The third-order valence-electron chi connectivity index (χ3n) is 5.07. The van der Waals surface area contributed by atoms with Crippen molar-refractivity contribution in [3.63, 3.8) is 0 Å². The molecule has 5 nitrogen and oxygen atoms in total. The summed E-state index contributed by atoms with van der Waals surface area (Å²) in [5.74, 6) is 1.12. The summed E-state index contributed by atoms with van der Waals surface area (Å²) in [4.78, 5) is 18.4. The number of hydrogen-bond donors (Lipinski definition) is 2. The molecule has 152 valence electrons. The number of carbonyl (C=O) groups excluding carboxylic acids is 1. The number of rotatable bonds is 5. The lowest BCUT2D eigenvalue weighted by Crippen LogP contribution is -2.45. The van der Waals surface area contributed by atoms with Crippen molar-refractivity contribution in [3.05, 3.63) is 34.4 Å². The molecular formula is C21H35IN4O. The van der Waals surface area contributed by atoms with Gasteiger partial charge in [-0.3, -0.25) is 9.79 Å². The molecular weight excluding hydrogens is 451 g/mol. The highest BCUT2D eigenvalue weighted by atomic mass is 127. The average Bonchev–Trinajstić information content (AvgIpc) is 3.03. The van der Waals surface area contributed by atoms with Crippen molar-refractivity contribution in [1.29, 1.82) is 0 Å². The molecule has 0 aromatic heterocycles. The number of halogens is 1. The van der Waals surface area contributed by atoms with E-state index >= 15 is 0 Å². The molecule has 1 aromatic rings. The molecule has 1 aliphatic heterocycles. The minimum absolute atomic E-state index is 0. The van der Waals surface area contributed by atoms with Gasteiger partial charge >= 0.3 is 0 Å². The molecule has 1 atom stereocenters. The topological polar surface area (TPSA) is 56.7 Å². The molecule has 1 unspecified atom stereocenters. The second-order valence-electron chi connectivity index (χ2n) is 7.70. The largest absolute Gasteiger partial charge is 0.356 e. The molecule has 0 bridgehead atoms. The number of carbonyl (C=O) groups is 1. The first-order valence-electron chi connectivity index (χ1n) is 9.64. The maximum atomic E-state index is 12.1. The second-order valence-corrected chi connectivity index (χ2v) is 7.70. The van der Waals surface area contributed by atoms with E-state index in [-0.39, 0.29) is 41.8 Å². The standard InChI is InChI=1S/C21H34N4O.HI/c1-14(2)20(26)25-10-8-18(13-25)24-21(22-6)23-9-7-19-16(4)11-15(3)12-17(19)5;/h11-12,14,18H,7-10,13H2,1-6H3,(H2,22,23,24);1H. The molecule has 1 saturated heterocycles. The van der Waals surface area contributed by atoms with Gasteiger partial charge in [-0.2, -0.15) is 0 Å². The number of benzene rings is 1. The summed E-state index contributed by atoms with van der Waals surface area (Å²) in [5.41, 5.74) is 5.43. The molecule has 1 aliphatic rings. The summed E-state index contributed by atoms with van der Waals surface area (Å²) in [6.07, 6.45) is 1.94. The number of nitrogens with one attached hydrogen (secondary N) is 2. The molecule has 1 amide bonds. The van der Waals surface area contributed by atoms with E-state index in [4.69, 9.17) is 0 Å². The van der Waals surface area contributed by atoms with Crippen LogP contribution in [-0.4, -0.2) is 49.5 Å². The normalized spacial score (nSPS) is 17.1. The number of aliphatic imine (C=N–C) groups is 1. The maximum absolute atomic E-state index is 12.1. The van der Waals surface area contributed by atoms with Crippen molar-refractivity contribution < 1.29 is 4.79 Å². The molecule has 0 aliphatic carbocycles. The van der Waals surface area contributed by atoms with Crippen LogP contribution in [0.25, 0.3) is 0 Å². The molecule has 0 spiro atoms. The minimum atomic E-state index is 0. The van der Waals surface area contributed by atoms with E-state index in [1.807, 2.05) is 18.7 Å². The van der Waals surface area contributed by atoms with Gasteiger partial charge in [-0.25, -0.2) is 0 Å². The SMILES string of the molecule is CN=C(NCCc1c(C)cc(C)cc1C)NC1CCN(C(=O)C(C)C)C1.I. The van der Waals surface area contributed by atoms with E-state index in [1.54, 1.807) is 7.05 Å². The summed E-state index contributed by atoms with van der Waals surface area (Å²) < 4.78 is 0. The molecule has 1 heterocycles. The zero-order valence-electron chi connectivity index (χ0n) is 17.6. The lowest BCUT2D eigenvalue weighted by atomic mass is 9.97. The number of nitrogens with zero attached hydrogens (tertiary/aromatic N) is 2. The summed E-state index contributed by atoms with van der Waals surface area (Å²) in [6, 6.07) is 4.76. The van der Waals surface area contributed by atoms with Crippen molar-refractivity contribution in [2.24, 2.45) is 10.9 Å². The van der Waals surface area contributed by atoms with Gasteiger partial charge in [0.25, 0.3) is 0 Å². The quantitative estimate of drug-likeness (QED) is 0.382. The van der Waals surface area contributed by atoms with Gasteiger partial charge < -0.3 is 15.5 Å². The van der Waals surface area contributed by atoms with Crippen molar-refractivity contribution >= 4 is 35.8 Å². The van der Waals surface area contributed by atoms with Gasteiger partial charge in [0.05, 0.1) is 0 Å². The highest BCUT2D eigenvalue weighted by molar-refractivity contribution is 14.0. The fraction of sp³-hybridized carbons (Fsp3) is 0.619. The van der Waals surface area contributed by atoms with Gasteiger partial charge in [0.15, 0.2) is 5.96 Å². The Morgan fingerprint density at radius 2 is 1.89 bits per heavy atom. The molecule has 0 saturated carbocycles. The van der Waals surface area contributed by atoms with Crippen LogP contribution in [0.3, 0.4) is 0 Å². The third-order valence-corrected chi connectivity index (χ3v) is 5.07. The molecule has 1 aromatic carbocycles. The fourth-order valence-electron chi connectivity index (χ4n) is 3.74. The molecule has 2 rings (SSSR count). The molecule has 0 radical (unpaired) electrons. The summed E-state index contributed by atoms with van der Waals surface area (Å²) in [5, 5.41) is 6.88.